The van der Waals surface area contributed by atoms with E-state index in [2.05, 4.69) is 10.3 Å². The van der Waals surface area contributed by atoms with Crippen molar-refractivity contribution in [2.75, 3.05) is 11.1 Å². The summed E-state index contributed by atoms with van der Waals surface area (Å²) in [6.07, 6.45) is 1.29. The van der Waals surface area contributed by atoms with Crippen molar-refractivity contribution in [3.63, 3.8) is 0 Å². The van der Waals surface area contributed by atoms with E-state index in [9.17, 15) is 9.18 Å². The van der Waals surface area contributed by atoms with Crippen molar-refractivity contribution in [3.8, 4) is 0 Å². The van der Waals surface area contributed by atoms with Gasteiger partial charge in [0.1, 0.15) is 11.6 Å². The Kier molecular flexibility index (Phi) is 3.43. The van der Waals surface area contributed by atoms with Crippen LogP contribution < -0.4 is 11.1 Å². The van der Waals surface area contributed by atoms with E-state index in [0.717, 1.165) is 0 Å². The number of aromatic nitrogens is 1. The number of hydrogen-bond acceptors (Lipinski definition) is 3. The normalized spacial score (nSPS) is 10.1. The average Bonchev–Trinajstić information content (AvgIpc) is 2.32. The van der Waals surface area contributed by atoms with Crippen LogP contribution in [0.3, 0.4) is 0 Å². The van der Waals surface area contributed by atoms with Crippen molar-refractivity contribution in [3.05, 3.63) is 52.9 Å². The van der Waals surface area contributed by atoms with Gasteiger partial charge in [0.15, 0.2) is 0 Å². The number of halogens is 2. The molecular weight excluding hydrogens is 257 g/mol. The minimum atomic E-state index is -0.472. The van der Waals surface area contributed by atoms with Crippen LogP contribution in [0.25, 0.3) is 0 Å². The fourth-order valence-corrected chi connectivity index (χ4v) is 1.58. The molecule has 0 bridgehead atoms. The highest BCUT2D eigenvalue weighted by molar-refractivity contribution is 6.34. The molecule has 0 atom stereocenters. The molecule has 2 rings (SSSR count). The van der Waals surface area contributed by atoms with Gasteiger partial charge in [-0.1, -0.05) is 17.7 Å². The Morgan fingerprint density at radius 2 is 2.17 bits per heavy atom. The molecule has 0 radical (unpaired) electrons. The zero-order valence-corrected chi connectivity index (χ0v) is 9.91. The highest BCUT2D eigenvalue weighted by Crippen LogP contribution is 2.18. The van der Waals surface area contributed by atoms with Crippen molar-refractivity contribution < 1.29 is 9.18 Å². The Balaban J connectivity index is 2.24. The van der Waals surface area contributed by atoms with E-state index in [1.165, 1.54) is 30.5 Å². The second kappa shape index (κ2) is 5.01. The summed E-state index contributed by atoms with van der Waals surface area (Å²) >= 11 is 5.84. The number of pyridine rings is 1. The molecule has 0 saturated heterocycles. The third kappa shape index (κ3) is 2.75. The second-order valence-electron chi connectivity index (χ2n) is 3.55. The molecule has 1 aromatic carbocycles. The van der Waals surface area contributed by atoms with Gasteiger partial charge in [0.25, 0.3) is 5.91 Å². The molecule has 0 aliphatic heterocycles. The monoisotopic (exact) mass is 265 g/mol. The molecule has 0 aliphatic carbocycles. The average molecular weight is 266 g/mol. The fourth-order valence-electron chi connectivity index (χ4n) is 1.39. The molecule has 0 saturated carbocycles. The van der Waals surface area contributed by atoms with Crippen LogP contribution in [0.5, 0.6) is 0 Å². The number of nitrogens with two attached hydrogens (primary N) is 1. The number of nitrogen functional groups attached to an aromatic ring is 1. The summed E-state index contributed by atoms with van der Waals surface area (Å²) in [7, 11) is 0. The summed E-state index contributed by atoms with van der Waals surface area (Å²) in [6, 6.07) is 6.91. The van der Waals surface area contributed by atoms with E-state index in [0.29, 0.717) is 5.69 Å². The smallest absolute Gasteiger partial charge is 0.257 e. The van der Waals surface area contributed by atoms with Crippen molar-refractivity contribution in [1.29, 1.82) is 0 Å². The molecule has 18 heavy (non-hydrogen) atoms. The first-order valence-corrected chi connectivity index (χ1v) is 5.42. The maximum absolute atomic E-state index is 13.0. The summed E-state index contributed by atoms with van der Waals surface area (Å²) in [4.78, 5) is 15.6. The van der Waals surface area contributed by atoms with E-state index in [4.69, 9.17) is 17.3 Å². The van der Waals surface area contributed by atoms with Crippen LogP contribution in [0.2, 0.25) is 5.02 Å². The Morgan fingerprint density at radius 3 is 2.89 bits per heavy atom. The van der Waals surface area contributed by atoms with Crippen molar-refractivity contribution >= 4 is 29.0 Å². The molecule has 0 unspecified atom stereocenters. The molecular formula is C12H9ClFN3O. The number of amides is 1. The van der Waals surface area contributed by atoms with E-state index in [1.54, 1.807) is 6.07 Å². The zero-order chi connectivity index (χ0) is 13.1. The Hall–Kier alpha value is -2.14. The molecule has 92 valence electrons. The quantitative estimate of drug-likeness (QED) is 0.877. The van der Waals surface area contributed by atoms with E-state index < -0.39 is 11.7 Å². The summed E-state index contributed by atoms with van der Waals surface area (Å²) in [6.45, 7) is 0. The number of anilines is 2. The predicted octanol–water partition coefficient (Wildman–Crippen LogP) is 2.71. The number of carbonyl (C=O) groups excluding carboxylic acids is 1. The van der Waals surface area contributed by atoms with Gasteiger partial charge in [0.2, 0.25) is 0 Å². The number of hydrogen-bond donors (Lipinski definition) is 2. The maximum Gasteiger partial charge on any atom is 0.257 e. The molecule has 1 heterocycles. The first-order chi connectivity index (χ1) is 8.56. The molecule has 1 amide bonds. The van der Waals surface area contributed by atoms with E-state index in [-0.39, 0.29) is 16.4 Å². The topological polar surface area (TPSA) is 68.0 Å². The molecule has 2 aromatic rings. The zero-order valence-electron chi connectivity index (χ0n) is 9.15. The molecule has 0 fully saturated rings. The van der Waals surface area contributed by atoms with Crippen LogP contribution >= 0.6 is 11.6 Å². The second-order valence-corrected chi connectivity index (χ2v) is 3.96. The minimum absolute atomic E-state index is 0.179. The van der Waals surface area contributed by atoms with Gasteiger partial charge in [-0.2, -0.15) is 0 Å². The van der Waals surface area contributed by atoms with Gasteiger partial charge in [-0.15, -0.1) is 0 Å². The lowest BCUT2D eigenvalue weighted by atomic mass is 10.2. The lowest BCUT2D eigenvalue weighted by molar-refractivity contribution is 0.102. The Morgan fingerprint density at radius 1 is 1.39 bits per heavy atom. The van der Waals surface area contributed by atoms with Crippen LogP contribution in [0.1, 0.15) is 10.4 Å². The first-order valence-electron chi connectivity index (χ1n) is 5.04. The molecule has 3 N–H and O–H groups in total. The summed E-state index contributed by atoms with van der Waals surface area (Å²) < 4.78 is 13.0. The van der Waals surface area contributed by atoms with Crippen LogP contribution in [0.4, 0.5) is 15.9 Å². The van der Waals surface area contributed by atoms with Gasteiger partial charge >= 0.3 is 0 Å². The summed E-state index contributed by atoms with van der Waals surface area (Å²) in [5.41, 5.74) is 6.00. The molecule has 0 aliphatic rings. The van der Waals surface area contributed by atoms with Gasteiger partial charge in [-0.05, 0) is 24.3 Å². The van der Waals surface area contributed by atoms with Crippen molar-refractivity contribution in [2.45, 2.75) is 0 Å². The lowest BCUT2D eigenvalue weighted by Crippen LogP contribution is -2.13. The maximum atomic E-state index is 13.0. The Bertz CT molecular complexity index is 604. The third-order valence-electron chi connectivity index (χ3n) is 2.20. The van der Waals surface area contributed by atoms with Gasteiger partial charge < -0.3 is 11.1 Å². The van der Waals surface area contributed by atoms with Gasteiger partial charge in [-0.3, -0.25) is 4.79 Å². The van der Waals surface area contributed by atoms with Crippen LogP contribution in [0.15, 0.2) is 36.5 Å². The van der Waals surface area contributed by atoms with Crippen molar-refractivity contribution in [2.24, 2.45) is 0 Å². The minimum Gasteiger partial charge on any atom is -0.384 e. The Labute approximate surface area is 108 Å². The number of benzene rings is 1. The molecule has 4 nitrogen and oxygen atoms in total. The number of nitrogens with one attached hydrogen (secondary N) is 1. The SMILES string of the molecule is Nc1cc(C(=O)Nc2cccc(F)c2)c(Cl)cn1. The standard InChI is InChI=1S/C12H9ClFN3O/c13-10-6-16-11(15)5-9(10)12(18)17-8-3-1-2-7(14)4-8/h1-6H,(H2,15,16)(H,17,18). The van der Waals surface area contributed by atoms with Crippen molar-refractivity contribution in [1.82, 2.24) is 4.98 Å². The van der Waals surface area contributed by atoms with E-state index >= 15 is 0 Å². The number of carbonyl (C=O) groups is 1. The summed E-state index contributed by atoms with van der Waals surface area (Å²) in [5, 5.41) is 2.70. The largest absolute Gasteiger partial charge is 0.384 e. The molecule has 0 spiro atoms. The predicted molar refractivity (Wildman–Crippen MR) is 68.0 cm³/mol. The number of nitrogens with zero attached hydrogens (tertiary/aromatic N) is 1. The lowest BCUT2D eigenvalue weighted by Gasteiger charge is -2.07. The van der Waals surface area contributed by atoms with Gasteiger partial charge in [-0.25, -0.2) is 9.37 Å². The summed E-state index contributed by atoms with van der Waals surface area (Å²) in [5.74, 6) is -0.725. The van der Waals surface area contributed by atoms with Gasteiger partial charge in [0, 0.05) is 11.9 Å². The van der Waals surface area contributed by atoms with Crippen LogP contribution in [-0.2, 0) is 0 Å². The van der Waals surface area contributed by atoms with Gasteiger partial charge in [0.05, 0.1) is 10.6 Å². The third-order valence-corrected chi connectivity index (χ3v) is 2.50. The highest BCUT2D eigenvalue weighted by Gasteiger charge is 2.11. The fraction of sp³-hybridized carbons (Fsp3) is 0. The molecule has 1 aromatic heterocycles. The first kappa shape index (κ1) is 12.3. The molecule has 6 heteroatoms. The highest BCUT2D eigenvalue weighted by atomic mass is 35.5. The van der Waals surface area contributed by atoms with Crippen LogP contribution in [0, 0.1) is 5.82 Å². The number of rotatable bonds is 2. The van der Waals surface area contributed by atoms with Crippen LogP contribution in [-0.4, -0.2) is 10.9 Å². The van der Waals surface area contributed by atoms with E-state index in [1.807, 2.05) is 0 Å².